The quantitative estimate of drug-likeness (QED) is 0.732. The monoisotopic (exact) mass is 230 g/mol. The molecule has 0 N–H and O–H groups in total. The summed E-state index contributed by atoms with van der Waals surface area (Å²) in [5.41, 5.74) is 1.18. The van der Waals surface area contributed by atoms with E-state index in [2.05, 4.69) is 11.6 Å². The standard InChI is InChI=1S/C14H18N2O/c1-2-14(17)16-11-5-3-4-6-13(16)12-7-9-15-10-8-12/h2,7-10,13H,1,3-6,11H2. The number of carbonyl (C=O) groups is 1. The van der Waals surface area contributed by atoms with Gasteiger partial charge in [-0.2, -0.15) is 0 Å². The van der Waals surface area contributed by atoms with E-state index >= 15 is 0 Å². The number of carbonyl (C=O) groups excluding carboxylic acids is 1. The van der Waals surface area contributed by atoms with Crippen molar-refractivity contribution in [2.45, 2.75) is 31.7 Å². The van der Waals surface area contributed by atoms with Crippen molar-refractivity contribution in [1.29, 1.82) is 0 Å². The van der Waals surface area contributed by atoms with Gasteiger partial charge >= 0.3 is 0 Å². The molecule has 0 spiro atoms. The van der Waals surface area contributed by atoms with Crippen molar-refractivity contribution in [2.75, 3.05) is 6.54 Å². The molecule has 1 aliphatic rings. The first-order valence-corrected chi connectivity index (χ1v) is 6.16. The van der Waals surface area contributed by atoms with Gasteiger partial charge in [0.1, 0.15) is 0 Å². The molecule has 1 unspecified atom stereocenters. The van der Waals surface area contributed by atoms with E-state index in [0.717, 1.165) is 19.4 Å². The number of rotatable bonds is 2. The minimum atomic E-state index is 0.0358. The predicted octanol–water partition coefficient (Wildman–Crippen LogP) is 2.71. The van der Waals surface area contributed by atoms with Gasteiger partial charge in [0.05, 0.1) is 6.04 Å². The van der Waals surface area contributed by atoms with Crippen LogP contribution in [0, 0.1) is 0 Å². The van der Waals surface area contributed by atoms with Gasteiger partial charge in [-0.05, 0) is 36.6 Å². The van der Waals surface area contributed by atoms with Gasteiger partial charge in [0.2, 0.25) is 5.91 Å². The summed E-state index contributed by atoms with van der Waals surface area (Å²) in [6.07, 6.45) is 9.48. The first-order valence-electron chi connectivity index (χ1n) is 6.16. The Labute approximate surface area is 102 Å². The van der Waals surface area contributed by atoms with Gasteiger partial charge in [0, 0.05) is 18.9 Å². The third-order valence-electron chi connectivity index (χ3n) is 3.30. The number of likely N-dealkylation sites (tertiary alicyclic amines) is 1. The second kappa shape index (κ2) is 5.62. The Kier molecular flexibility index (Phi) is 3.91. The topological polar surface area (TPSA) is 33.2 Å². The molecule has 0 bridgehead atoms. The van der Waals surface area contributed by atoms with Gasteiger partial charge in [-0.25, -0.2) is 0 Å². The number of hydrogen-bond donors (Lipinski definition) is 0. The molecular weight excluding hydrogens is 212 g/mol. The molecule has 0 radical (unpaired) electrons. The average Bonchev–Trinajstić information content (AvgIpc) is 2.64. The van der Waals surface area contributed by atoms with Crippen LogP contribution in [0.4, 0.5) is 0 Å². The van der Waals surface area contributed by atoms with Crippen LogP contribution in [-0.2, 0) is 4.79 Å². The van der Waals surface area contributed by atoms with E-state index in [4.69, 9.17) is 0 Å². The summed E-state index contributed by atoms with van der Waals surface area (Å²) >= 11 is 0. The van der Waals surface area contributed by atoms with E-state index in [9.17, 15) is 4.79 Å². The zero-order valence-corrected chi connectivity index (χ0v) is 10.0. The highest BCUT2D eigenvalue weighted by Gasteiger charge is 2.24. The summed E-state index contributed by atoms with van der Waals surface area (Å²) < 4.78 is 0. The van der Waals surface area contributed by atoms with Crippen LogP contribution in [-0.4, -0.2) is 22.3 Å². The van der Waals surface area contributed by atoms with E-state index in [1.807, 2.05) is 17.0 Å². The van der Waals surface area contributed by atoms with Crippen molar-refractivity contribution in [3.8, 4) is 0 Å². The van der Waals surface area contributed by atoms with Crippen LogP contribution >= 0.6 is 0 Å². The van der Waals surface area contributed by atoms with E-state index in [1.54, 1.807) is 12.4 Å². The highest BCUT2D eigenvalue weighted by atomic mass is 16.2. The molecule has 3 nitrogen and oxygen atoms in total. The molecule has 1 atom stereocenters. The molecule has 3 heteroatoms. The molecule has 1 aromatic heterocycles. The largest absolute Gasteiger partial charge is 0.332 e. The third-order valence-corrected chi connectivity index (χ3v) is 3.30. The van der Waals surface area contributed by atoms with Crippen molar-refractivity contribution in [1.82, 2.24) is 9.88 Å². The van der Waals surface area contributed by atoms with E-state index in [-0.39, 0.29) is 11.9 Å². The normalized spacial score (nSPS) is 20.7. The van der Waals surface area contributed by atoms with Crippen LogP contribution in [0.5, 0.6) is 0 Å². The highest BCUT2D eigenvalue weighted by molar-refractivity contribution is 5.87. The lowest BCUT2D eigenvalue weighted by molar-refractivity contribution is -0.128. The van der Waals surface area contributed by atoms with E-state index in [0.29, 0.717) is 0 Å². The number of nitrogens with zero attached hydrogens (tertiary/aromatic N) is 2. The van der Waals surface area contributed by atoms with Crippen molar-refractivity contribution < 1.29 is 4.79 Å². The zero-order chi connectivity index (χ0) is 12.1. The second-order valence-electron chi connectivity index (χ2n) is 4.38. The highest BCUT2D eigenvalue weighted by Crippen LogP contribution is 2.29. The third kappa shape index (κ3) is 2.73. The summed E-state index contributed by atoms with van der Waals surface area (Å²) in [5, 5.41) is 0. The SMILES string of the molecule is C=CC(=O)N1CCCCCC1c1ccncc1. The minimum absolute atomic E-state index is 0.0358. The molecule has 1 aliphatic heterocycles. The summed E-state index contributed by atoms with van der Waals surface area (Å²) in [4.78, 5) is 17.9. The number of pyridine rings is 1. The Hall–Kier alpha value is -1.64. The summed E-state index contributed by atoms with van der Waals surface area (Å²) in [7, 11) is 0. The molecule has 1 fully saturated rings. The molecule has 0 saturated carbocycles. The Morgan fingerprint density at radius 1 is 1.35 bits per heavy atom. The molecule has 90 valence electrons. The van der Waals surface area contributed by atoms with Gasteiger partial charge in [-0.15, -0.1) is 0 Å². The molecule has 2 heterocycles. The van der Waals surface area contributed by atoms with Crippen molar-refractivity contribution in [2.24, 2.45) is 0 Å². The molecule has 0 aromatic carbocycles. The molecule has 2 rings (SSSR count). The molecule has 1 aromatic rings. The first kappa shape index (κ1) is 11.8. The predicted molar refractivity (Wildman–Crippen MR) is 67.4 cm³/mol. The summed E-state index contributed by atoms with van der Waals surface area (Å²) in [6.45, 7) is 4.42. The molecule has 1 saturated heterocycles. The van der Waals surface area contributed by atoms with Gasteiger partial charge in [0.15, 0.2) is 0 Å². The number of amides is 1. The van der Waals surface area contributed by atoms with Crippen LogP contribution in [0.3, 0.4) is 0 Å². The van der Waals surface area contributed by atoms with Crippen LogP contribution in [0.2, 0.25) is 0 Å². The van der Waals surface area contributed by atoms with Crippen LogP contribution < -0.4 is 0 Å². The number of hydrogen-bond acceptors (Lipinski definition) is 2. The Morgan fingerprint density at radius 3 is 2.82 bits per heavy atom. The molecule has 17 heavy (non-hydrogen) atoms. The Bertz CT molecular complexity index is 388. The molecule has 1 amide bonds. The maximum absolute atomic E-state index is 11.9. The Balaban J connectivity index is 2.26. The molecule has 0 aliphatic carbocycles. The van der Waals surface area contributed by atoms with Crippen LogP contribution in [0.1, 0.15) is 37.3 Å². The van der Waals surface area contributed by atoms with Crippen LogP contribution in [0.15, 0.2) is 37.2 Å². The average molecular weight is 230 g/mol. The summed E-state index contributed by atoms with van der Waals surface area (Å²) in [6, 6.07) is 4.18. The molecular formula is C14H18N2O. The maximum Gasteiger partial charge on any atom is 0.246 e. The maximum atomic E-state index is 11.9. The van der Waals surface area contributed by atoms with Gasteiger partial charge in [0.25, 0.3) is 0 Å². The fourth-order valence-electron chi connectivity index (χ4n) is 2.42. The lowest BCUT2D eigenvalue weighted by atomic mass is 10.0. The van der Waals surface area contributed by atoms with E-state index in [1.165, 1.54) is 24.5 Å². The lowest BCUT2D eigenvalue weighted by Crippen LogP contribution is -2.33. The lowest BCUT2D eigenvalue weighted by Gasteiger charge is -2.29. The van der Waals surface area contributed by atoms with Gasteiger partial charge in [-0.3, -0.25) is 9.78 Å². The van der Waals surface area contributed by atoms with E-state index < -0.39 is 0 Å². The smallest absolute Gasteiger partial charge is 0.246 e. The first-order chi connectivity index (χ1) is 8.33. The second-order valence-corrected chi connectivity index (χ2v) is 4.38. The minimum Gasteiger partial charge on any atom is -0.332 e. The van der Waals surface area contributed by atoms with Gasteiger partial charge in [-0.1, -0.05) is 19.4 Å². The van der Waals surface area contributed by atoms with Crippen molar-refractivity contribution in [3.63, 3.8) is 0 Å². The zero-order valence-electron chi connectivity index (χ0n) is 10.0. The number of aromatic nitrogens is 1. The summed E-state index contributed by atoms with van der Waals surface area (Å²) in [5.74, 6) is 0.0358. The fraction of sp³-hybridized carbons (Fsp3) is 0.429. The van der Waals surface area contributed by atoms with Crippen molar-refractivity contribution in [3.05, 3.63) is 42.7 Å². The fourth-order valence-corrected chi connectivity index (χ4v) is 2.42. The Morgan fingerprint density at radius 2 is 2.12 bits per heavy atom. The van der Waals surface area contributed by atoms with Gasteiger partial charge < -0.3 is 4.90 Å². The van der Waals surface area contributed by atoms with Crippen molar-refractivity contribution >= 4 is 5.91 Å². The van der Waals surface area contributed by atoms with Crippen LogP contribution in [0.25, 0.3) is 0 Å².